The molecule has 0 aromatic rings. The highest BCUT2D eigenvalue weighted by molar-refractivity contribution is 6.64. The third kappa shape index (κ3) is 0.796. The van der Waals surface area contributed by atoms with Crippen LogP contribution >= 0.6 is 11.6 Å². The second-order valence-corrected chi connectivity index (χ2v) is 3.04. The van der Waals surface area contributed by atoms with Crippen molar-refractivity contribution in [2.24, 2.45) is 5.92 Å². The standard InChI is InChI=1S/C7H7ClO2/c8-7(9)5-3-4-1-2-6(5)10-4/h1-2,4-6H,3H2. The summed E-state index contributed by atoms with van der Waals surface area (Å²) >= 11 is 5.33. The number of hydrogen-bond donors (Lipinski definition) is 0. The maximum Gasteiger partial charge on any atom is 0.227 e. The summed E-state index contributed by atoms with van der Waals surface area (Å²) in [6.45, 7) is 0. The summed E-state index contributed by atoms with van der Waals surface area (Å²) in [7, 11) is 0. The quantitative estimate of drug-likeness (QED) is 0.422. The van der Waals surface area contributed by atoms with E-state index in [0.29, 0.717) is 0 Å². The van der Waals surface area contributed by atoms with Crippen molar-refractivity contribution in [3.63, 3.8) is 0 Å². The number of carbonyl (C=O) groups is 1. The molecule has 2 nitrogen and oxygen atoms in total. The Morgan fingerprint density at radius 1 is 1.60 bits per heavy atom. The molecule has 0 N–H and O–H groups in total. The van der Waals surface area contributed by atoms with E-state index in [0.717, 1.165) is 6.42 Å². The van der Waals surface area contributed by atoms with Crippen LogP contribution in [0.2, 0.25) is 0 Å². The zero-order valence-corrected chi connectivity index (χ0v) is 6.04. The molecule has 0 spiro atoms. The zero-order chi connectivity index (χ0) is 7.14. The van der Waals surface area contributed by atoms with Gasteiger partial charge in [0.25, 0.3) is 0 Å². The molecule has 0 aliphatic carbocycles. The number of rotatable bonds is 1. The lowest BCUT2D eigenvalue weighted by Crippen LogP contribution is -2.18. The predicted octanol–water partition coefficient (Wildman–Crippen LogP) is 1.10. The topological polar surface area (TPSA) is 26.3 Å². The van der Waals surface area contributed by atoms with E-state index in [1.807, 2.05) is 12.2 Å². The number of ether oxygens (including phenoxy) is 1. The minimum Gasteiger partial charge on any atom is -0.366 e. The van der Waals surface area contributed by atoms with E-state index in [9.17, 15) is 4.79 Å². The number of hydrogen-bond acceptors (Lipinski definition) is 2. The molecular weight excluding hydrogens is 152 g/mol. The first kappa shape index (κ1) is 6.38. The van der Waals surface area contributed by atoms with Gasteiger partial charge >= 0.3 is 0 Å². The Hall–Kier alpha value is -0.340. The summed E-state index contributed by atoms with van der Waals surface area (Å²) < 4.78 is 5.33. The largest absolute Gasteiger partial charge is 0.366 e. The third-order valence-electron chi connectivity index (χ3n) is 2.02. The average Bonchev–Trinajstić information content (AvgIpc) is 2.44. The van der Waals surface area contributed by atoms with Gasteiger partial charge in [0, 0.05) is 0 Å². The molecule has 2 aliphatic rings. The van der Waals surface area contributed by atoms with Crippen LogP contribution in [0.1, 0.15) is 6.42 Å². The van der Waals surface area contributed by atoms with E-state index in [2.05, 4.69) is 0 Å². The van der Waals surface area contributed by atoms with Crippen LogP contribution in [0.4, 0.5) is 0 Å². The van der Waals surface area contributed by atoms with Crippen molar-refractivity contribution in [1.29, 1.82) is 0 Å². The summed E-state index contributed by atoms with van der Waals surface area (Å²) in [6, 6.07) is 0. The van der Waals surface area contributed by atoms with Gasteiger partial charge in [-0.25, -0.2) is 0 Å². The summed E-state index contributed by atoms with van der Waals surface area (Å²) in [5.74, 6) is -0.0864. The van der Waals surface area contributed by atoms with Crippen LogP contribution < -0.4 is 0 Å². The molecule has 0 aromatic heterocycles. The average molecular weight is 159 g/mol. The van der Waals surface area contributed by atoms with Gasteiger partial charge in [0.2, 0.25) is 5.24 Å². The Bertz CT molecular complexity index is 200. The van der Waals surface area contributed by atoms with Gasteiger partial charge in [-0.05, 0) is 18.0 Å². The molecule has 1 saturated heterocycles. The predicted molar refractivity (Wildman–Crippen MR) is 36.8 cm³/mol. The fourth-order valence-corrected chi connectivity index (χ4v) is 1.71. The molecule has 2 aliphatic heterocycles. The molecule has 2 rings (SSSR count). The van der Waals surface area contributed by atoms with E-state index >= 15 is 0 Å². The Morgan fingerprint density at radius 2 is 2.40 bits per heavy atom. The van der Waals surface area contributed by atoms with Gasteiger partial charge in [0.1, 0.15) is 0 Å². The highest BCUT2D eigenvalue weighted by Gasteiger charge is 2.40. The van der Waals surface area contributed by atoms with Gasteiger partial charge in [-0.1, -0.05) is 12.2 Å². The molecule has 1 fully saturated rings. The van der Waals surface area contributed by atoms with Gasteiger partial charge in [-0.3, -0.25) is 4.79 Å². The molecule has 3 atom stereocenters. The third-order valence-corrected chi connectivity index (χ3v) is 2.30. The van der Waals surface area contributed by atoms with E-state index in [4.69, 9.17) is 16.3 Å². The fraction of sp³-hybridized carbons (Fsp3) is 0.571. The first-order valence-corrected chi connectivity index (χ1v) is 3.68. The number of carbonyl (C=O) groups excluding carboxylic acids is 1. The van der Waals surface area contributed by atoms with Crippen molar-refractivity contribution in [3.8, 4) is 0 Å². The van der Waals surface area contributed by atoms with Crippen LogP contribution in [-0.2, 0) is 9.53 Å². The van der Waals surface area contributed by atoms with Crippen LogP contribution in [0.5, 0.6) is 0 Å². The van der Waals surface area contributed by atoms with E-state index in [1.165, 1.54) is 0 Å². The molecular formula is C7H7ClO2. The van der Waals surface area contributed by atoms with E-state index in [-0.39, 0.29) is 23.4 Å². The number of halogens is 1. The van der Waals surface area contributed by atoms with Gasteiger partial charge in [-0.15, -0.1) is 0 Å². The first-order valence-electron chi connectivity index (χ1n) is 3.30. The van der Waals surface area contributed by atoms with Gasteiger partial charge in [0.15, 0.2) is 0 Å². The van der Waals surface area contributed by atoms with Crippen molar-refractivity contribution in [2.75, 3.05) is 0 Å². The molecule has 0 aromatic carbocycles. The Kier molecular flexibility index (Phi) is 1.32. The van der Waals surface area contributed by atoms with Gasteiger partial charge in [-0.2, -0.15) is 0 Å². The Labute approximate surface area is 63.8 Å². The highest BCUT2D eigenvalue weighted by Crippen LogP contribution is 2.34. The van der Waals surface area contributed by atoms with Crippen LogP contribution in [-0.4, -0.2) is 17.5 Å². The minimum absolute atomic E-state index is 0.0324. The molecule has 10 heavy (non-hydrogen) atoms. The maximum atomic E-state index is 10.7. The summed E-state index contributed by atoms with van der Waals surface area (Å²) in [4.78, 5) is 10.7. The van der Waals surface area contributed by atoms with Gasteiger partial charge in [0.05, 0.1) is 18.1 Å². The summed E-state index contributed by atoms with van der Waals surface area (Å²) in [5.41, 5.74) is 0. The smallest absolute Gasteiger partial charge is 0.227 e. The molecule has 0 radical (unpaired) electrons. The lowest BCUT2D eigenvalue weighted by atomic mass is 9.96. The lowest BCUT2D eigenvalue weighted by molar-refractivity contribution is -0.115. The number of fused-ring (bicyclic) bond motifs is 2. The van der Waals surface area contributed by atoms with Gasteiger partial charge < -0.3 is 4.74 Å². The summed E-state index contributed by atoms with van der Waals surface area (Å²) in [5, 5.41) is -0.267. The second-order valence-electron chi connectivity index (χ2n) is 2.67. The van der Waals surface area contributed by atoms with E-state index in [1.54, 1.807) is 0 Å². The monoisotopic (exact) mass is 158 g/mol. The molecule has 0 saturated carbocycles. The van der Waals surface area contributed by atoms with Crippen molar-refractivity contribution < 1.29 is 9.53 Å². The summed E-state index contributed by atoms with van der Waals surface area (Å²) in [6.07, 6.45) is 4.79. The zero-order valence-electron chi connectivity index (χ0n) is 5.29. The SMILES string of the molecule is O=C(Cl)C1CC2C=CC1O2. The van der Waals surface area contributed by atoms with Crippen LogP contribution in [0.15, 0.2) is 12.2 Å². The van der Waals surface area contributed by atoms with Crippen molar-refractivity contribution in [1.82, 2.24) is 0 Å². The molecule has 2 heterocycles. The highest BCUT2D eigenvalue weighted by atomic mass is 35.5. The van der Waals surface area contributed by atoms with Crippen LogP contribution in [0.3, 0.4) is 0 Å². The van der Waals surface area contributed by atoms with Crippen molar-refractivity contribution in [2.45, 2.75) is 18.6 Å². The normalized spacial score (nSPS) is 42.7. The fourth-order valence-electron chi connectivity index (χ4n) is 1.50. The Balaban J connectivity index is 2.16. The van der Waals surface area contributed by atoms with Crippen LogP contribution in [0.25, 0.3) is 0 Å². The molecule has 3 heteroatoms. The Morgan fingerprint density at radius 3 is 2.70 bits per heavy atom. The maximum absolute atomic E-state index is 10.7. The lowest BCUT2D eigenvalue weighted by Gasteiger charge is -2.08. The first-order chi connectivity index (χ1) is 4.77. The minimum atomic E-state index is -0.267. The van der Waals surface area contributed by atoms with Crippen LogP contribution in [0, 0.1) is 5.92 Å². The van der Waals surface area contributed by atoms with Crippen molar-refractivity contribution in [3.05, 3.63) is 12.2 Å². The van der Waals surface area contributed by atoms with E-state index < -0.39 is 0 Å². The molecule has 0 amide bonds. The van der Waals surface area contributed by atoms with Crippen molar-refractivity contribution >= 4 is 16.8 Å². The molecule has 54 valence electrons. The molecule has 2 bridgehead atoms. The second kappa shape index (κ2) is 2.07. The molecule has 3 unspecified atom stereocenters.